The average Bonchev–Trinajstić information content (AvgIpc) is 3.37. The molecule has 4 aromatic carbocycles. The summed E-state index contributed by atoms with van der Waals surface area (Å²) in [6, 6.07) is 32.2. The lowest BCUT2D eigenvalue weighted by Gasteiger charge is -2.26. The zero-order valence-corrected chi connectivity index (χ0v) is 24.9. The van der Waals surface area contributed by atoms with Crippen LogP contribution in [0.3, 0.4) is 0 Å². The molecule has 0 unspecified atom stereocenters. The lowest BCUT2D eigenvalue weighted by molar-refractivity contribution is -0.144. The van der Waals surface area contributed by atoms with Crippen molar-refractivity contribution in [3.63, 3.8) is 0 Å². The largest absolute Gasteiger partial charge is 0.480 e. The maximum absolute atomic E-state index is 13.8. The first-order chi connectivity index (χ1) is 21.8. The molecule has 0 radical (unpaired) electrons. The summed E-state index contributed by atoms with van der Waals surface area (Å²) in [6.07, 6.45) is -0.478. The number of benzene rings is 4. The van der Waals surface area contributed by atoms with Crippen molar-refractivity contribution in [2.45, 2.75) is 30.8 Å². The summed E-state index contributed by atoms with van der Waals surface area (Å²) < 4.78 is 5.72. The second-order valence-electron chi connectivity index (χ2n) is 11.1. The molecule has 3 amide bonds. The Bertz CT molecular complexity index is 1610. The number of carboxylic acid groups (broad SMARTS) is 1. The van der Waals surface area contributed by atoms with Crippen LogP contribution in [0.2, 0.25) is 0 Å². The highest BCUT2D eigenvalue weighted by atomic mass is 16.5. The van der Waals surface area contributed by atoms with Crippen LogP contribution in [0.5, 0.6) is 0 Å². The molecule has 5 rings (SSSR count). The van der Waals surface area contributed by atoms with Crippen LogP contribution in [0.25, 0.3) is 11.1 Å². The van der Waals surface area contributed by atoms with Gasteiger partial charge in [0.05, 0.1) is 0 Å². The number of carboxylic acids is 1. The van der Waals surface area contributed by atoms with Crippen molar-refractivity contribution in [3.05, 3.63) is 131 Å². The van der Waals surface area contributed by atoms with Gasteiger partial charge in [-0.25, -0.2) is 4.79 Å². The molecule has 3 N–H and O–H groups in total. The molecule has 0 saturated heterocycles. The van der Waals surface area contributed by atoms with Crippen LogP contribution in [-0.2, 0) is 32.0 Å². The Labute approximate surface area is 261 Å². The number of nitrogens with one attached hydrogen (secondary N) is 2. The smallest absolute Gasteiger partial charge is 0.407 e. The maximum atomic E-state index is 13.8. The van der Waals surface area contributed by atoms with Gasteiger partial charge in [0.15, 0.2) is 0 Å². The molecule has 0 saturated carbocycles. The van der Waals surface area contributed by atoms with E-state index in [0.29, 0.717) is 0 Å². The summed E-state index contributed by atoms with van der Waals surface area (Å²) in [5.41, 5.74) is 5.92. The molecule has 1 aliphatic carbocycles. The van der Waals surface area contributed by atoms with Crippen LogP contribution in [0, 0.1) is 0 Å². The summed E-state index contributed by atoms with van der Waals surface area (Å²) in [6.45, 7) is -0.444. The molecule has 9 nitrogen and oxygen atoms in total. The van der Waals surface area contributed by atoms with E-state index in [1.807, 2.05) is 97.1 Å². The number of alkyl carbamates (subject to hydrolysis) is 1. The number of hydrogen-bond donors (Lipinski definition) is 3. The Morgan fingerprint density at radius 3 is 1.73 bits per heavy atom. The number of likely N-dealkylation sites (N-methyl/N-ethyl adjacent to an activating group) is 1. The number of amides is 3. The average molecular weight is 606 g/mol. The zero-order valence-electron chi connectivity index (χ0n) is 24.9. The third-order valence-electron chi connectivity index (χ3n) is 7.88. The highest BCUT2D eigenvalue weighted by Gasteiger charge is 2.32. The third-order valence-corrected chi connectivity index (χ3v) is 7.88. The number of nitrogens with zero attached hydrogens (tertiary/aromatic N) is 1. The Morgan fingerprint density at radius 2 is 1.20 bits per heavy atom. The minimum Gasteiger partial charge on any atom is -0.480 e. The van der Waals surface area contributed by atoms with Crippen LogP contribution in [-0.4, -0.2) is 66.2 Å². The van der Waals surface area contributed by atoms with E-state index in [0.717, 1.165) is 38.3 Å². The molecular formula is C36H35N3O6. The monoisotopic (exact) mass is 605 g/mol. The molecule has 230 valence electrons. The van der Waals surface area contributed by atoms with Crippen LogP contribution < -0.4 is 10.6 Å². The second-order valence-corrected chi connectivity index (χ2v) is 11.1. The fourth-order valence-corrected chi connectivity index (χ4v) is 5.71. The topological polar surface area (TPSA) is 125 Å². The van der Waals surface area contributed by atoms with Crippen LogP contribution in [0.4, 0.5) is 4.79 Å². The van der Waals surface area contributed by atoms with E-state index in [4.69, 9.17) is 4.74 Å². The van der Waals surface area contributed by atoms with E-state index in [1.54, 1.807) is 0 Å². The fourth-order valence-electron chi connectivity index (χ4n) is 5.71. The number of ether oxygens (including phenoxy) is 1. The molecule has 45 heavy (non-hydrogen) atoms. The minimum absolute atomic E-state index is 0.0780. The highest BCUT2D eigenvalue weighted by Crippen LogP contribution is 2.44. The molecule has 0 bridgehead atoms. The van der Waals surface area contributed by atoms with Gasteiger partial charge in [-0.15, -0.1) is 0 Å². The lowest BCUT2D eigenvalue weighted by atomic mass is 9.98. The fraction of sp³-hybridized carbons (Fsp3) is 0.222. The van der Waals surface area contributed by atoms with Gasteiger partial charge in [-0.3, -0.25) is 14.4 Å². The summed E-state index contributed by atoms with van der Waals surface area (Å²) in [4.78, 5) is 52.6. The van der Waals surface area contributed by atoms with Crippen molar-refractivity contribution in [2.24, 2.45) is 0 Å². The Kier molecular flexibility index (Phi) is 9.89. The van der Waals surface area contributed by atoms with Crippen molar-refractivity contribution in [1.82, 2.24) is 15.5 Å². The summed E-state index contributed by atoms with van der Waals surface area (Å²) in [5.74, 6) is -2.48. The van der Waals surface area contributed by atoms with Crippen LogP contribution >= 0.6 is 0 Å². The van der Waals surface area contributed by atoms with Gasteiger partial charge in [-0.05, 0) is 33.4 Å². The van der Waals surface area contributed by atoms with Gasteiger partial charge < -0.3 is 25.4 Å². The number of aliphatic carboxylic acids is 1. The van der Waals surface area contributed by atoms with Gasteiger partial charge >= 0.3 is 12.1 Å². The van der Waals surface area contributed by atoms with Crippen molar-refractivity contribution in [2.75, 3.05) is 20.2 Å². The molecule has 9 heteroatoms. The lowest BCUT2D eigenvalue weighted by Crippen LogP contribution is -2.55. The molecule has 0 heterocycles. The SMILES string of the molecule is CN(CC(=O)O)C(=O)[C@H](Cc1ccccc1)NC(=O)[C@H](Cc1ccccc1)NC(=O)OCC1c2ccccc2-c2ccccc21. The first-order valence-corrected chi connectivity index (χ1v) is 14.8. The van der Waals surface area contributed by atoms with Crippen LogP contribution in [0.15, 0.2) is 109 Å². The van der Waals surface area contributed by atoms with Crippen molar-refractivity contribution in [1.29, 1.82) is 0 Å². The molecule has 0 aliphatic heterocycles. The summed E-state index contributed by atoms with van der Waals surface area (Å²) >= 11 is 0. The van der Waals surface area contributed by atoms with Gasteiger partial charge in [0.25, 0.3) is 0 Å². The van der Waals surface area contributed by atoms with Crippen molar-refractivity contribution >= 4 is 23.9 Å². The van der Waals surface area contributed by atoms with Crippen molar-refractivity contribution in [3.8, 4) is 11.1 Å². The van der Waals surface area contributed by atoms with Crippen molar-refractivity contribution < 1.29 is 29.0 Å². The molecule has 1 aliphatic rings. The second kappa shape index (κ2) is 14.4. The minimum atomic E-state index is -1.17. The Morgan fingerprint density at radius 1 is 0.711 bits per heavy atom. The summed E-state index contributed by atoms with van der Waals surface area (Å²) in [7, 11) is 1.37. The number of carbonyl (C=O) groups excluding carboxylic acids is 3. The highest BCUT2D eigenvalue weighted by molar-refractivity contribution is 5.92. The number of carbonyl (C=O) groups is 4. The molecule has 0 aromatic heterocycles. The van der Waals surface area contributed by atoms with E-state index in [-0.39, 0.29) is 25.4 Å². The Hall–Kier alpha value is -5.44. The molecule has 2 atom stereocenters. The number of fused-ring (bicyclic) bond motifs is 3. The first-order valence-electron chi connectivity index (χ1n) is 14.8. The molecule has 0 fully saturated rings. The standard InChI is InChI=1S/C36H35N3O6/c1-39(22-33(40)41)35(43)32(21-25-14-6-3-7-15-25)37-34(42)31(20-24-12-4-2-5-13-24)38-36(44)45-23-30-28-18-10-8-16-26(28)27-17-9-11-19-29(27)30/h2-19,30-32H,20-23H2,1H3,(H,37,42)(H,38,44)(H,40,41)/t31-,32-/m0/s1. The van der Waals surface area contributed by atoms with Gasteiger partial charge in [0.1, 0.15) is 25.2 Å². The van der Waals surface area contributed by atoms with E-state index in [9.17, 15) is 24.3 Å². The zero-order chi connectivity index (χ0) is 31.8. The van der Waals surface area contributed by atoms with E-state index in [2.05, 4.69) is 22.8 Å². The van der Waals surface area contributed by atoms with Gasteiger partial charge in [-0.1, -0.05) is 109 Å². The maximum Gasteiger partial charge on any atom is 0.407 e. The first kappa shape index (κ1) is 31.0. The van der Waals surface area contributed by atoms with E-state index >= 15 is 0 Å². The number of rotatable bonds is 12. The van der Waals surface area contributed by atoms with Gasteiger partial charge in [0.2, 0.25) is 11.8 Å². The van der Waals surface area contributed by atoms with Crippen LogP contribution in [0.1, 0.15) is 28.2 Å². The quantitative estimate of drug-likeness (QED) is 0.220. The van der Waals surface area contributed by atoms with Gasteiger partial charge in [0, 0.05) is 25.8 Å². The third kappa shape index (κ3) is 7.75. The normalized spacial score (nSPS) is 13.1. The van der Waals surface area contributed by atoms with E-state index < -0.39 is 42.5 Å². The molecule has 0 spiro atoms. The Balaban J connectivity index is 1.32. The summed E-state index contributed by atoms with van der Waals surface area (Å²) in [5, 5.41) is 14.7. The molecular weight excluding hydrogens is 570 g/mol. The van der Waals surface area contributed by atoms with E-state index in [1.165, 1.54) is 7.05 Å². The predicted molar refractivity (Wildman–Crippen MR) is 169 cm³/mol. The molecule has 4 aromatic rings. The van der Waals surface area contributed by atoms with Gasteiger partial charge in [-0.2, -0.15) is 0 Å². The number of hydrogen-bond acceptors (Lipinski definition) is 5. The predicted octanol–water partition coefficient (Wildman–Crippen LogP) is 4.41.